The van der Waals surface area contributed by atoms with Crippen LogP contribution in [-0.2, 0) is 12.0 Å². The average Bonchev–Trinajstić information content (AvgIpc) is 3.02. The molecule has 0 bridgehead atoms. The molecule has 1 atom stereocenters. The summed E-state index contributed by atoms with van der Waals surface area (Å²) in [5, 5.41) is 10.8. The molecule has 0 saturated heterocycles. The average molecular weight is 409 g/mol. The third-order valence-electron chi connectivity index (χ3n) is 5.97. The van der Waals surface area contributed by atoms with Gasteiger partial charge in [0.05, 0.1) is 24.7 Å². The second-order valence-electron chi connectivity index (χ2n) is 9.27. The van der Waals surface area contributed by atoms with Crippen molar-refractivity contribution in [1.29, 1.82) is 0 Å². The number of para-hydroxylation sites is 2. The monoisotopic (exact) mass is 408 g/mol. The molecule has 0 aliphatic heterocycles. The van der Waals surface area contributed by atoms with E-state index in [1.807, 2.05) is 36.4 Å². The summed E-state index contributed by atoms with van der Waals surface area (Å²) < 4.78 is 13.7. The molecule has 0 radical (unpaired) electrons. The van der Waals surface area contributed by atoms with Crippen LogP contribution in [0.2, 0.25) is 0 Å². The van der Waals surface area contributed by atoms with Crippen LogP contribution < -0.4 is 9.47 Å². The predicted octanol–water partition coefficient (Wildman–Crippen LogP) is 5.05. The van der Waals surface area contributed by atoms with Crippen LogP contribution in [0, 0.1) is 0 Å². The molecule has 1 aliphatic rings. The van der Waals surface area contributed by atoms with E-state index in [0.29, 0.717) is 12.5 Å². The number of ether oxygens (including phenoxy) is 2. The quantitative estimate of drug-likeness (QED) is 0.594. The lowest BCUT2D eigenvalue weighted by atomic mass is 9.85. The Morgan fingerprint density at radius 1 is 1.17 bits per heavy atom. The molecule has 160 valence electrons. The Morgan fingerprint density at radius 2 is 1.93 bits per heavy atom. The number of aliphatic hydroxyl groups excluding tert-OH is 1. The fourth-order valence-corrected chi connectivity index (χ4v) is 4.06. The second-order valence-corrected chi connectivity index (χ2v) is 9.27. The number of rotatable bonds is 7. The molecule has 1 fully saturated rings. The van der Waals surface area contributed by atoms with Gasteiger partial charge in [0.1, 0.15) is 30.0 Å². The highest BCUT2D eigenvalue weighted by atomic mass is 16.5. The smallest absolute Gasteiger partial charge is 0.123 e. The van der Waals surface area contributed by atoms with Gasteiger partial charge < -0.3 is 19.1 Å². The summed E-state index contributed by atoms with van der Waals surface area (Å²) in [5.41, 5.74) is 3.06. The summed E-state index contributed by atoms with van der Waals surface area (Å²) in [4.78, 5) is 4.87. The summed E-state index contributed by atoms with van der Waals surface area (Å²) in [6.07, 6.45) is 2.98. The van der Waals surface area contributed by atoms with Crippen LogP contribution in [0.3, 0.4) is 0 Å². The molecule has 1 aromatic heterocycles. The zero-order valence-electron chi connectivity index (χ0n) is 18.4. The van der Waals surface area contributed by atoms with Crippen molar-refractivity contribution in [3.05, 3.63) is 53.9 Å². The van der Waals surface area contributed by atoms with Crippen LogP contribution in [0.4, 0.5) is 0 Å². The Morgan fingerprint density at radius 3 is 2.60 bits per heavy atom. The van der Waals surface area contributed by atoms with Crippen molar-refractivity contribution >= 4 is 11.0 Å². The largest absolute Gasteiger partial charge is 0.497 e. The Hall–Kier alpha value is -2.53. The van der Waals surface area contributed by atoms with Crippen molar-refractivity contribution in [2.24, 2.45) is 0 Å². The topological polar surface area (TPSA) is 56.5 Å². The maximum atomic E-state index is 10.8. The van der Waals surface area contributed by atoms with Gasteiger partial charge in [-0.15, -0.1) is 0 Å². The van der Waals surface area contributed by atoms with E-state index >= 15 is 0 Å². The van der Waals surface area contributed by atoms with Crippen molar-refractivity contribution < 1.29 is 14.6 Å². The summed E-state index contributed by atoms with van der Waals surface area (Å²) in [7, 11) is 1.67. The Labute approximate surface area is 178 Å². The fourth-order valence-electron chi connectivity index (χ4n) is 4.06. The third-order valence-corrected chi connectivity index (χ3v) is 5.97. The first kappa shape index (κ1) is 20.7. The highest BCUT2D eigenvalue weighted by Gasteiger charge is 2.27. The normalized spacial score (nSPS) is 15.8. The molecule has 5 heteroatoms. The molecule has 4 rings (SSSR count). The highest BCUT2D eigenvalue weighted by molar-refractivity contribution is 5.76. The molecule has 0 amide bonds. The highest BCUT2D eigenvalue weighted by Crippen LogP contribution is 2.37. The number of hydrogen-bond donors (Lipinski definition) is 1. The molecule has 1 aliphatic carbocycles. The minimum Gasteiger partial charge on any atom is -0.497 e. The van der Waals surface area contributed by atoms with Crippen LogP contribution in [0.25, 0.3) is 11.0 Å². The number of methoxy groups -OCH3 is 1. The van der Waals surface area contributed by atoms with Gasteiger partial charge >= 0.3 is 0 Å². The van der Waals surface area contributed by atoms with Crippen molar-refractivity contribution in [3.8, 4) is 11.5 Å². The molecule has 2 aromatic carbocycles. The van der Waals surface area contributed by atoms with Crippen LogP contribution in [0.5, 0.6) is 11.5 Å². The first-order valence-electron chi connectivity index (χ1n) is 10.8. The number of imidazole rings is 1. The van der Waals surface area contributed by atoms with E-state index in [1.54, 1.807) is 7.11 Å². The molecule has 5 nitrogen and oxygen atoms in total. The number of aliphatic hydroxyl groups is 1. The summed E-state index contributed by atoms with van der Waals surface area (Å²) >= 11 is 0. The van der Waals surface area contributed by atoms with Gasteiger partial charge in [0.2, 0.25) is 0 Å². The van der Waals surface area contributed by atoms with Gasteiger partial charge in [-0.05, 0) is 48.6 Å². The lowest BCUT2D eigenvalue weighted by molar-refractivity contribution is 0.0909. The number of nitrogens with zero attached hydrogens (tertiary/aromatic N) is 2. The van der Waals surface area contributed by atoms with E-state index in [9.17, 15) is 5.11 Å². The van der Waals surface area contributed by atoms with Gasteiger partial charge in [-0.25, -0.2) is 4.98 Å². The summed E-state index contributed by atoms with van der Waals surface area (Å²) in [5.74, 6) is 3.20. The first-order valence-corrected chi connectivity index (χ1v) is 10.8. The standard InChI is InChI=1S/C25H32N2O3/c1-25(2,3)20-14-19(29-4)12-13-23(20)30-16-18(28)15-27-22-11-6-5-10-21(22)26-24(27)17-8-7-9-17/h5-6,10-14,17-18,28H,7-9,15-16H2,1-4H3. The second kappa shape index (κ2) is 8.31. The van der Waals surface area contributed by atoms with Gasteiger partial charge in [-0.3, -0.25) is 0 Å². The SMILES string of the molecule is COc1ccc(OCC(O)Cn2c(C3CCC3)nc3ccccc32)c(C(C)(C)C)c1. The van der Waals surface area contributed by atoms with Crippen LogP contribution in [-0.4, -0.2) is 34.5 Å². The molecule has 30 heavy (non-hydrogen) atoms. The van der Waals surface area contributed by atoms with Crippen molar-refractivity contribution in [1.82, 2.24) is 9.55 Å². The molecule has 1 N–H and O–H groups in total. The van der Waals surface area contributed by atoms with Gasteiger partial charge in [-0.1, -0.05) is 39.3 Å². The van der Waals surface area contributed by atoms with Crippen molar-refractivity contribution in [2.45, 2.75) is 64.0 Å². The fraction of sp³-hybridized carbons (Fsp3) is 0.480. The maximum absolute atomic E-state index is 10.8. The number of fused-ring (bicyclic) bond motifs is 1. The van der Waals surface area contributed by atoms with Crippen LogP contribution in [0.1, 0.15) is 57.3 Å². The predicted molar refractivity (Wildman–Crippen MR) is 120 cm³/mol. The van der Waals surface area contributed by atoms with Crippen LogP contribution >= 0.6 is 0 Å². The third kappa shape index (κ3) is 4.17. The number of benzene rings is 2. The Kier molecular flexibility index (Phi) is 5.74. The van der Waals surface area contributed by atoms with Gasteiger partial charge in [-0.2, -0.15) is 0 Å². The zero-order valence-corrected chi connectivity index (χ0v) is 18.4. The minimum atomic E-state index is -0.628. The van der Waals surface area contributed by atoms with Gasteiger partial charge in [0.15, 0.2) is 0 Å². The summed E-state index contributed by atoms with van der Waals surface area (Å²) in [6, 6.07) is 14.0. The lowest BCUT2D eigenvalue weighted by Crippen LogP contribution is -2.27. The Balaban J connectivity index is 1.52. The molecule has 1 saturated carbocycles. The van der Waals surface area contributed by atoms with Crippen molar-refractivity contribution in [3.63, 3.8) is 0 Å². The lowest BCUT2D eigenvalue weighted by Gasteiger charge is -2.27. The molecular weight excluding hydrogens is 376 g/mol. The van der Waals surface area contributed by atoms with E-state index in [-0.39, 0.29) is 12.0 Å². The first-order chi connectivity index (χ1) is 14.4. The van der Waals surface area contributed by atoms with Crippen LogP contribution in [0.15, 0.2) is 42.5 Å². The molecule has 1 heterocycles. The molecule has 3 aromatic rings. The number of aromatic nitrogens is 2. The van der Waals surface area contributed by atoms with Gasteiger partial charge in [0.25, 0.3) is 0 Å². The zero-order chi connectivity index (χ0) is 21.3. The van der Waals surface area contributed by atoms with Gasteiger partial charge in [0, 0.05) is 11.5 Å². The van der Waals surface area contributed by atoms with E-state index in [1.165, 1.54) is 19.3 Å². The molecular formula is C25H32N2O3. The maximum Gasteiger partial charge on any atom is 0.123 e. The number of hydrogen-bond acceptors (Lipinski definition) is 4. The van der Waals surface area contributed by atoms with E-state index in [0.717, 1.165) is 33.9 Å². The van der Waals surface area contributed by atoms with E-state index in [4.69, 9.17) is 14.5 Å². The molecule has 1 unspecified atom stereocenters. The summed E-state index contributed by atoms with van der Waals surface area (Å²) in [6.45, 7) is 7.15. The molecule has 0 spiro atoms. The van der Waals surface area contributed by atoms with E-state index in [2.05, 4.69) is 31.4 Å². The van der Waals surface area contributed by atoms with E-state index < -0.39 is 6.10 Å². The van der Waals surface area contributed by atoms with Crippen molar-refractivity contribution in [2.75, 3.05) is 13.7 Å². The Bertz CT molecular complexity index is 1010. The minimum absolute atomic E-state index is 0.0905.